The first-order valence-corrected chi connectivity index (χ1v) is 9.27. The van der Waals surface area contributed by atoms with Crippen LogP contribution in [0.5, 0.6) is 0 Å². The zero-order valence-electron chi connectivity index (χ0n) is 15.2. The molecule has 2 aromatic rings. The largest absolute Gasteiger partial charge is 0.349 e. The van der Waals surface area contributed by atoms with Crippen LogP contribution in [0.1, 0.15) is 47.3 Å². The number of amides is 1. The van der Waals surface area contributed by atoms with Crippen molar-refractivity contribution in [1.29, 1.82) is 0 Å². The van der Waals surface area contributed by atoms with E-state index >= 15 is 0 Å². The van der Waals surface area contributed by atoms with Crippen molar-refractivity contribution in [1.82, 2.24) is 20.0 Å². The average Bonchev–Trinajstić information content (AvgIpc) is 3.25. The number of likely N-dealkylation sites (tertiary alicyclic amines) is 1. The molecule has 0 radical (unpaired) electrons. The first-order chi connectivity index (χ1) is 12.2. The lowest BCUT2D eigenvalue weighted by molar-refractivity contribution is 0.0938. The summed E-state index contributed by atoms with van der Waals surface area (Å²) in [5.41, 5.74) is 3.51. The van der Waals surface area contributed by atoms with Crippen LogP contribution in [0.3, 0.4) is 0 Å². The number of nitrogens with one attached hydrogen (secondary N) is 1. The molecule has 1 aromatic carbocycles. The molecule has 2 heterocycles. The predicted octanol–water partition coefficient (Wildman–Crippen LogP) is 2.82. The van der Waals surface area contributed by atoms with Crippen LogP contribution in [-0.2, 0) is 6.54 Å². The molecule has 1 amide bonds. The predicted molar refractivity (Wildman–Crippen MR) is 99.8 cm³/mol. The summed E-state index contributed by atoms with van der Waals surface area (Å²) in [4.78, 5) is 14.8. The lowest BCUT2D eigenvalue weighted by atomic mass is 9.94. The van der Waals surface area contributed by atoms with E-state index in [-0.39, 0.29) is 5.91 Å². The third-order valence-corrected chi connectivity index (χ3v) is 5.00. The quantitative estimate of drug-likeness (QED) is 0.843. The molecule has 0 unspecified atom stereocenters. The Bertz CT molecular complexity index is 709. The molecule has 1 aromatic heterocycles. The van der Waals surface area contributed by atoms with Crippen LogP contribution in [0.4, 0.5) is 0 Å². The minimum Gasteiger partial charge on any atom is -0.349 e. The molecule has 25 heavy (non-hydrogen) atoms. The Labute approximate surface area is 150 Å². The van der Waals surface area contributed by atoms with Gasteiger partial charge in [-0.05, 0) is 49.4 Å². The highest BCUT2D eigenvalue weighted by Gasteiger charge is 2.24. The van der Waals surface area contributed by atoms with Gasteiger partial charge in [0.15, 0.2) is 0 Å². The number of rotatable bonds is 7. The van der Waals surface area contributed by atoms with Crippen molar-refractivity contribution in [2.75, 3.05) is 26.2 Å². The van der Waals surface area contributed by atoms with E-state index in [4.69, 9.17) is 0 Å². The van der Waals surface area contributed by atoms with Crippen LogP contribution < -0.4 is 5.32 Å². The molecule has 1 aliphatic rings. The summed E-state index contributed by atoms with van der Waals surface area (Å²) < 4.78 is 1.78. The number of hydrogen-bond acceptors (Lipinski definition) is 3. The standard InChI is InChI=1S/C20H28N4O/c1-3-12-24-19(8-10-22-24)20(25)21-11-14-23-13-9-17(15-23)18-7-5-4-6-16(18)2/h4-8,10,17H,3,9,11-15H2,1-2H3,(H,21,25)/t17-/m0/s1. The maximum atomic E-state index is 12.3. The summed E-state index contributed by atoms with van der Waals surface area (Å²) in [5, 5.41) is 7.25. The third-order valence-electron chi connectivity index (χ3n) is 5.00. The van der Waals surface area contributed by atoms with Crippen LogP contribution >= 0.6 is 0 Å². The first-order valence-electron chi connectivity index (χ1n) is 9.27. The number of carbonyl (C=O) groups is 1. The SMILES string of the molecule is CCCn1nccc1C(=O)NCCN1CC[C@H](c2ccccc2C)C1. The van der Waals surface area contributed by atoms with E-state index in [1.807, 2.05) is 0 Å². The molecule has 0 bridgehead atoms. The zero-order valence-corrected chi connectivity index (χ0v) is 15.2. The zero-order chi connectivity index (χ0) is 17.6. The summed E-state index contributed by atoms with van der Waals surface area (Å²) in [5.74, 6) is 0.587. The number of hydrogen-bond donors (Lipinski definition) is 1. The van der Waals surface area contributed by atoms with Gasteiger partial charge >= 0.3 is 0 Å². The summed E-state index contributed by atoms with van der Waals surface area (Å²) in [6.07, 6.45) is 3.86. The van der Waals surface area contributed by atoms with Gasteiger partial charge in [-0.1, -0.05) is 31.2 Å². The minimum atomic E-state index is -0.0272. The van der Waals surface area contributed by atoms with Gasteiger partial charge < -0.3 is 10.2 Å². The molecule has 1 fully saturated rings. The second-order valence-corrected chi connectivity index (χ2v) is 6.84. The van der Waals surface area contributed by atoms with Crippen molar-refractivity contribution in [3.63, 3.8) is 0 Å². The van der Waals surface area contributed by atoms with Crippen molar-refractivity contribution in [2.24, 2.45) is 0 Å². The van der Waals surface area contributed by atoms with Crippen molar-refractivity contribution >= 4 is 5.91 Å². The van der Waals surface area contributed by atoms with E-state index in [1.54, 1.807) is 16.9 Å². The number of aromatic nitrogens is 2. The maximum Gasteiger partial charge on any atom is 0.269 e. The smallest absolute Gasteiger partial charge is 0.269 e. The molecule has 1 saturated heterocycles. The van der Waals surface area contributed by atoms with Crippen molar-refractivity contribution in [2.45, 2.75) is 39.2 Å². The van der Waals surface area contributed by atoms with Gasteiger partial charge in [-0.2, -0.15) is 5.10 Å². The number of benzene rings is 1. The van der Waals surface area contributed by atoms with Crippen molar-refractivity contribution in [3.05, 3.63) is 53.3 Å². The van der Waals surface area contributed by atoms with E-state index in [0.29, 0.717) is 18.2 Å². The summed E-state index contributed by atoms with van der Waals surface area (Å²) in [6, 6.07) is 10.5. The van der Waals surface area contributed by atoms with E-state index < -0.39 is 0 Å². The van der Waals surface area contributed by atoms with Gasteiger partial charge in [0.25, 0.3) is 5.91 Å². The molecule has 3 rings (SSSR count). The van der Waals surface area contributed by atoms with Gasteiger partial charge in [0.1, 0.15) is 5.69 Å². The van der Waals surface area contributed by atoms with E-state index in [9.17, 15) is 4.79 Å². The lowest BCUT2D eigenvalue weighted by Gasteiger charge is -2.17. The molecule has 0 aliphatic carbocycles. The highest BCUT2D eigenvalue weighted by Crippen LogP contribution is 2.28. The fourth-order valence-electron chi connectivity index (χ4n) is 3.67. The van der Waals surface area contributed by atoms with Crippen LogP contribution in [0.25, 0.3) is 0 Å². The second-order valence-electron chi connectivity index (χ2n) is 6.84. The molecular weight excluding hydrogens is 312 g/mol. The van der Waals surface area contributed by atoms with E-state index in [1.165, 1.54) is 17.5 Å². The highest BCUT2D eigenvalue weighted by atomic mass is 16.2. The molecule has 5 heteroatoms. The molecular formula is C20H28N4O. The van der Waals surface area contributed by atoms with E-state index in [0.717, 1.165) is 32.6 Å². The van der Waals surface area contributed by atoms with Crippen LogP contribution in [-0.4, -0.2) is 46.8 Å². The summed E-state index contributed by atoms with van der Waals surface area (Å²) >= 11 is 0. The molecule has 1 aliphatic heterocycles. The Hall–Kier alpha value is -2.14. The molecule has 1 N–H and O–H groups in total. The monoisotopic (exact) mass is 340 g/mol. The number of nitrogens with zero attached hydrogens (tertiary/aromatic N) is 3. The van der Waals surface area contributed by atoms with Gasteiger partial charge in [-0.3, -0.25) is 9.48 Å². The Morgan fingerprint density at radius 2 is 2.12 bits per heavy atom. The molecule has 134 valence electrons. The van der Waals surface area contributed by atoms with Gasteiger partial charge in [-0.25, -0.2) is 0 Å². The Kier molecular flexibility index (Phi) is 5.87. The lowest BCUT2D eigenvalue weighted by Crippen LogP contribution is -2.34. The molecule has 0 spiro atoms. The minimum absolute atomic E-state index is 0.0272. The van der Waals surface area contributed by atoms with Crippen LogP contribution in [0.2, 0.25) is 0 Å². The molecule has 0 saturated carbocycles. The fraction of sp³-hybridized carbons (Fsp3) is 0.500. The van der Waals surface area contributed by atoms with Gasteiger partial charge in [0, 0.05) is 32.4 Å². The summed E-state index contributed by atoms with van der Waals surface area (Å²) in [6.45, 7) is 8.81. The van der Waals surface area contributed by atoms with E-state index in [2.05, 4.69) is 53.4 Å². The Morgan fingerprint density at radius 3 is 2.92 bits per heavy atom. The number of aryl methyl sites for hydroxylation is 2. The first kappa shape index (κ1) is 17.7. The van der Waals surface area contributed by atoms with Gasteiger partial charge in [-0.15, -0.1) is 0 Å². The topological polar surface area (TPSA) is 50.2 Å². The van der Waals surface area contributed by atoms with Gasteiger partial charge in [0.2, 0.25) is 0 Å². The normalized spacial score (nSPS) is 17.8. The highest BCUT2D eigenvalue weighted by molar-refractivity contribution is 5.92. The average molecular weight is 340 g/mol. The van der Waals surface area contributed by atoms with Crippen LogP contribution in [0, 0.1) is 6.92 Å². The van der Waals surface area contributed by atoms with Crippen molar-refractivity contribution in [3.8, 4) is 0 Å². The fourth-order valence-corrected chi connectivity index (χ4v) is 3.67. The van der Waals surface area contributed by atoms with Crippen molar-refractivity contribution < 1.29 is 4.79 Å². The number of carbonyl (C=O) groups excluding carboxylic acids is 1. The Morgan fingerprint density at radius 1 is 1.28 bits per heavy atom. The summed E-state index contributed by atoms with van der Waals surface area (Å²) in [7, 11) is 0. The molecule has 5 nitrogen and oxygen atoms in total. The maximum absolute atomic E-state index is 12.3. The molecule has 1 atom stereocenters. The Balaban J connectivity index is 1.46. The third kappa shape index (κ3) is 4.28. The van der Waals surface area contributed by atoms with Crippen LogP contribution in [0.15, 0.2) is 36.5 Å². The van der Waals surface area contributed by atoms with Gasteiger partial charge in [0.05, 0.1) is 0 Å². The second kappa shape index (κ2) is 8.30.